The van der Waals surface area contributed by atoms with Crippen molar-refractivity contribution in [3.05, 3.63) is 105 Å². The summed E-state index contributed by atoms with van der Waals surface area (Å²) in [5.74, 6) is -2.42. The van der Waals surface area contributed by atoms with Gasteiger partial charge in [-0.25, -0.2) is 9.59 Å². The number of fused-ring (bicyclic) bond motifs is 1. The summed E-state index contributed by atoms with van der Waals surface area (Å²) in [7, 11) is 0. The number of piperidine rings is 1. The molecule has 0 spiro atoms. The summed E-state index contributed by atoms with van der Waals surface area (Å²) in [6.07, 6.45) is -3.12. The minimum atomic E-state index is -5.08. The van der Waals surface area contributed by atoms with E-state index < -0.39 is 12.1 Å². The van der Waals surface area contributed by atoms with Crippen molar-refractivity contribution in [1.29, 1.82) is 0 Å². The lowest BCUT2D eigenvalue weighted by Gasteiger charge is -2.24. The molecule has 0 atom stereocenters. The Morgan fingerprint density at radius 1 is 0.872 bits per heavy atom. The number of para-hydroxylation sites is 1. The van der Waals surface area contributed by atoms with Crippen LogP contribution in [0.1, 0.15) is 18.4 Å². The third-order valence-electron chi connectivity index (χ3n) is 6.70. The fourth-order valence-electron chi connectivity index (χ4n) is 4.74. The minimum absolute atomic E-state index is 0.184. The highest BCUT2D eigenvalue weighted by Crippen LogP contribution is 2.24. The summed E-state index contributed by atoms with van der Waals surface area (Å²) in [5.41, 5.74) is 3.54. The number of benzene rings is 3. The summed E-state index contributed by atoms with van der Waals surface area (Å²) < 4.78 is 35.0. The molecule has 1 aliphatic rings. The van der Waals surface area contributed by atoms with E-state index in [9.17, 15) is 22.8 Å². The number of carboxylic acids is 1. The summed E-state index contributed by atoms with van der Waals surface area (Å²) in [4.78, 5) is 35.8. The molecule has 10 heteroatoms. The summed E-state index contributed by atoms with van der Waals surface area (Å²) in [5, 5.41) is 11.1. The van der Waals surface area contributed by atoms with Crippen LogP contribution in [-0.2, 0) is 17.9 Å². The molecular formula is C29H28F3N3O4. The lowest BCUT2D eigenvalue weighted by molar-refractivity contribution is -0.192. The van der Waals surface area contributed by atoms with Crippen molar-refractivity contribution >= 4 is 16.9 Å². The zero-order chi connectivity index (χ0) is 28.0. The molecule has 0 aliphatic carbocycles. The quantitative estimate of drug-likeness (QED) is 0.389. The molecule has 0 amide bonds. The number of nitrogens with one attached hydrogen (secondary N) is 1. The first kappa shape index (κ1) is 27.8. The number of aromatic nitrogens is 2. The fraction of sp³-hybridized carbons (Fsp3) is 0.276. The first-order valence-electron chi connectivity index (χ1n) is 12.5. The number of carboxylic acid groups (broad SMARTS) is 1. The van der Waals surface area contributed by atoms with E-state index in [1.54, 1.807) is 4.57 Å². The third-order valence-corrected chi connectivity index (χ3v) is 6.70. The standard InChI is InChI=1S/C27H27N3O2.C2HF3O2/c31-26-24-12-6-7-13-25(24)29(27(32)30(26)18-20-14-16-28-17-15-20)19-22-10-4-5-11-23(22)21-8-2-1-3-9-21;3-2(4,5)1(6)7/h1-13,20,28H,14-19H2;(H,6,7). The van der Waals surface area contributed by atoms with E-state index in [1.165, 1.54) is 4.57 Å². The van der Waals surface area contributed by atoms with E-state index >= 15 is 0 Å². The van der Waals surface area contributed by atoms with Gasteiger partial charge in [0.05, 0.1) is 17.4 Å². The maximum atomic E-state index is 13.6. The predicted octanol–water partition coefficient (Wildman–Crippen LogP) is 4.51. The minimum Gasteiger partial charge on any atom is -0.475 e. The Morgan fingerprint density at radius 2 is 1.46 bits per heavy atom. The average Bonchev–Trinajstić information content (AvgIpc) is 2.94. The molecule has 1 aliphatic heterocycles. The number of hydrogen-bond acceptors (Lipinski definition) is 4. The maximum Gasteiger partial charge on any atom is 0.490 e. The summed E-state index contributed by atoms with van der Waals surface area (Å²) >= 11 is 0. The number of alkyl halides is 3. The number of aliphatic carboxylic acids is 1. The van der Waals surface area contributed by atoms with Gasteiger partial charge in [0.15, 0.2) is 0 Å². The molecule has 2 heterocycles. The molecule has 1 aromatic heterocycles. The van der Waals surface area contributed by atoms with Gasteiger partial charge in [0.2, 0.25) is 0 Å². The second kappa shape index (κ2) is 12.1. The Kier molecular flexibility index (Phi) is 8.65. The molecule has 1 saturated heterocycles. The Balaban J connectivity index is 0.000000448. The SMILES string of the molecule is O=C(O)C(F)(F)F.O=c1c2ccccc2n(Cc2ccccc2-c2ccccc2)c(=O)n1CC1CCNCC1. The largest absolute Gasteiger partial charge is 0.490 e. The zero-order valence-corrected chi connectivity index (χ0v) is 21.0. The first-order chi connectivity index (χ1) is 18.7. The molecule has 3 aromatic carbocycles. The van der Waals surface area contributed by atoms with Gasteiger partial charge < -0.3 is 10.4 Å². The van der Waals surface area contributed by atoms with Crippen LogP contribution in [-0.4, -0.2) is 39.5 Å². The van der Waals surface area contributed by atoms with Crippen LogP contribution in [0.3, 0.4) is 0 Å². The molecule has 5 rings (SSSR count). The third kappa shape index (κ3) is 6.64. The van der Waals surface area contributed by atoms with Crippen molar-refractivity contribution in [1.82, 2.24) is 14.5 Å². The van der Waals surface area contributed by atoms with Gasteiger partial charge in [-0.2, -0.15) is 13.2 Å². The molecule has 204 valence electrons. The Morgan fingerprint density at radius 3 is 2.13 bits per heavy atom. The molecule has 1 fully saturated rings. The maximum absolute atomic E-state index is 13.6. The molecule has 0 radical (unpaired) electrons. The summed E-state index contributed by atoms with van der Waals surface area (Å²) in [6.45, 7) is 2.76. The van der Waals surface area contributed by atoms with Crippen molar-refractivity contribution in [2.45, 2.75) is 32.1 Å². The van der Waals surface area contributed by atoms with Crippen LogP contribution in [0.4, 0.5) is 13.2 Å². The fourth-order valence-corrected chi connectivity index (χ4v) is 4.74. The van der Waals surface area contributed by atoms with Crippen LogP contribution in [0.25, 0.3) is 22.0 Å². The van der Waals surface area contributed by atoms with Crippen molar-refractivity contribution < 1.29 is 23.1 Å². The van der Waals surface area contributed by atoms with Crippen LogP contribution < -0.4 is 16.6 Å². The van der Waals surface area contributed by atoms with Crippen LogP contribution >= 0.6 is 0 Å². The topological polar surface area (TPSA) is 93.3 Å². The lowest BCUT2D eigenvalue weighted by atomic mass is 9.98. The van der Waals surface area contributed by atoms with Gasteiger partial charge in [-0.15, -0.1) is 0 Å². The number of hydrogen-bond donors (Lipinski definition) is 2. The highest BCUT2D eigenvalue weighted by atomic mass is 19.4. The molecule has 2 N–H and O–H groups in total. The van der Waals surface area contributed by atoms with Gasteiger partial charge in [-0.05, 0) is 60.7 Å². The molecule has 0 unspecified atom stereocenters. The molecule has 7 nitrogen and oxygen atoms in total. The molecule has 39 heavy (non-hydrogen) atoms. The second-order valence-electron chi connectivity index (χ2n) is 9.32. The average molecular weight is 540 g/mol. The molecule has 4 aromatic rings. The Hall–Kier alpha value is -4.18. The van der Waals surface area contributed by atoms with Gasteiger partial charge in [-0.3, -0.25) is 13.9 Å². The smallest absolute Gasteiger partial charge is 0.475 e. The van der Waals surface area contributed by atoms with Crippen LogP contribution in [0.5, 0.6) is 0 Å². The molecule has 0 bridgehead atoms. The highest BCUT2D eigenvalue weighted by Gasteiger charge is 2.38. The highest BCUT2D eigenvalue weighted by molar-refractivity contribution is 5.78. The number of nitrogens with zero attached hydrogens (tertiary/aromatic N) is 2. The van der Waals surface area contributed by atoms with Crippen molar-refractivity contribution in [2.24, 2.45) is 5.92 Å². The molecule has 0 saturated carbocycles. The van der Waals surface area contributed by atoms with Crippen molar-refractivity contribution in [2.75, 3.05) is 13.1 Å². The summed E-state index contributed by atoms with van der Waals surface area (Å²) in [6, 6.07) is 25.8. The monoisotopic (exact) mass is 539 g/mol. The van der Waals surface area contributed by atoms with Gasteiger partial charge in [0.25, 0.3) is 5.56 Å². The van der Waals surface area contributed by atoms with Crippen LogP contribution in [0.15, 0.2) is 88.5 Å². The normalized spacial score (nSPS) is 14.0. The van der Waals surface area contributed by atoms with E-state index in [-0.39, 0.29) is 11.2 Å². The molecular weight excluding hydrogens is 511 g/mol. The van der Waals surface area contributed by atoms with Gasteiger partial charge in [0.1, 0.15) is 0 Å². The lowest BCUT2D eigenvalue weighted by Crippen LogP contribution is -2.43. The van der Waals surface area contributed by atoms with E-state index in [0.29, 0.717) is 29.9 Å². The van der Waals surface area contributed by atoms with Crippen molar-refractivity contribution in [3.63, 3.8) is 0 Å². The van der Waals surface area contributed by atoms with Crippen molar-refractivity contribution in [3.8, 4) is 11.1 Å². The van der Waals surface area contributed by atoms with Crippen LogP contribution in [0, 0.1) is 5.92 Å². The predicted molar refractivity (Wildman–Crippen MR) is 143 cm³/mol. The Bertz CT molecular complexity index is 1560. The van der Waals surface area contributed by atoms with Crippen LogP contribution in [0.2, 0.25) is 0 Å². The van der Waals surface area contributed by atoms with E-state index in [1.807, 2.05) is 54.6 Å². The van der Waals surface area contributed by atoms with E-state index in [4.69, 9.17) is 9.90 Å². The number of rotatable bonds is 5. The van der Waals surface area contributed by atoms with Gasteiger partial charge >= 0.3 is 17.8 Å². The Labute approximate surface area is 222 Å². The zero-order valence-electron chi connectivity index (χ0n) is 21.0. The number of halogens is 3. The van der Waals surface area contributed by atoms with Gasteiger partial charge in [0, 0.05) is 6.54 Å². The van der Waals surface area contributed by atoms with Gasteiger partial charge in [-0.1, -0.05) is 66.7 Å². The first-order valence-corrected chi connectivity index (χ1v) is 12.5. The second-order valence-corrected chi connectivity index (χ2v) is 9.32. The number of carbonyl (C=O) groups is 1. The van der Waals surface area contributed by atoms with E-state index in [0.717, 1.165) is 42.6 Å². The van der Waals surface area contributed by atoms with E-state index in [2.05, 4.69) is 29.6 Å².